The second kappa shape index (κ2) is 6.64. The fourth-order valence-electron chi connectivity index (χ4n) is 2.12. The largest absolute Gasteiger partial charge is 0.378 e. The van der Waals surface area contributed by atoms with Crippen LogP contribution in [0.1, 0.15) is 28.9 Å². The molecule has 3 nitrogen and oxygen atoms in total. The van der Waals surface area contributed by atoms with Gasteiger partial charge in [-0.25, -0.2) is 0 Å². The van der Waals surface area contributed by atoms with E-state index in [-0.39, 0.29) is 11.9 Å². The lowest BCUT2D eigenvalue weighted by molar-refractivity contribution is 0.0827. The highest BCUT2D eigenvalue weighted by atomic mass is 35.5. The Labute approximate surface area is 130 Å². The summed E-state index contributed by atoms with van der Waals surface area (Å²) in [5, 5.41) is 4.13. The van der Waals surface area contributed by atoms with E-state index in [1.807, 2.05) is 48.5 Å². The molecular weight excluding hydrogens is 284 g/mol. The molecule has 0 aromatic heterocycles. The molecule has 1 amide bonds. The van der Waals surface area contributed by atoms with Gasteiger partial charge in [-0.3, -0.25) is 4.79 Å². The zero-order valence-electron chi connectivity index (χ0n) is 12.4. The number of carbonyl (C=O) groups is 1. The van der Waals surface area contributed by atoms with Crippen LogP contribution in [0.25, 0.3) is 0 Å². The van der Waals surface area contributed by atoms with Gasteiger partial charge in [0.2, 0.25) is 0 Å². The molecule has 0 heterocycles. The van der Waals surface area contributed by atoms with Crippen molar-refractivity contribution in [2.75, 3.05) is 19.4 Å². The molecule has 0 aliphatic rings. The first-order valence-corrected chi connectivity index (χ1v) is 7.19. The second-order valence-electron chi connectivity index (χ2n) is 5.16. The van der Waals surface area contributed by atoms with Crippen LogP contribution < -0.4 is 5.32 Å². The molecule has 0 aliphatic heterocycles. The van der Waals surface area contributed by atoms with Gasteiger partial charge in [-0.05, 0) is 42.8 Å². The molecule has 0 aliphatic carbocycles. The van der Waals surface area contributed by atoms with E-state index in [4.69, 9.17) is 11.6 Å². The molecular formula is C17H19ClN2O. The number of nitrogens with one attached hydrogen (secondary N) is 1. The predicted molar refractivity (Wildman–Crippen MR) is 87.9 cm³/mol. The Morgan fingerprint density at radius 1 is 1.10 bits per heavy atom. The summed E-state index contributed by atoms with van der Waals surface area (Å²) in [4.78, 5) is 13.4. The summed E-state index contributed by atoms with van der Waals surface area (Å²) >= 11 is 6.20. The molecule has 110 valence electrons. The Kier molecular flexibility index (Phi) is 4.86. The molecule has 0 bridgehead atoms. The number of halogens is 1. The number of amides is 1. The molecule has 0 radical (unpaired) electrons. The maximum Gasteiger partial charge on any atom is 0.253 e. The van der Waals surface area contributed by atoms with Crippen LogP contribution >= 0.6 is 11.6 Å². The number of carbonyl (C=O) groups excluding carboxylic acids is 1. The summed E-state index contributed by atoms with van der Waals surface area (Å²) in [5.74, 6) is 0.000650. The zero-order valence-corrected chi connectivity index (χ0v) is 13.2. The van der Waals surface area contributed by atoms with E-state index in [1.165, 1.54) is 0 Å². The Bertz CT molecular complexity index is 623. The monoisotopic (exact) mass is 302 g/mol. The molecule has 2 aromatic carbocycles. The molecule has 1 N–H and O–H groups in total. The van der Waals surface area contributed by atoms with Crippen LogP contribution in [0.15, 0.2) is 48.5 Å². The quantitative estimate of drug-likeness (QED) is 0.917. The first-order chi connectivity index (χ1) is 9.99. The van der Waals surface area contributed by atoms with Crippen LogP contribution in [-0.4, -0.2) is 24.9 Å². The van der Waals surface area contributed by atoms with Crippen molar-refractivity contribution in [3.63, 3.8) is 0 Å². The average Bonchev–Trinajstić information content (AvgIpc) is 2.47. The third kappa shape index (κ3) is 3.76. The van der Waals surface area contributed by atoms with Crippen molar-refractivity contribution in [3.05, 3.63) is 64.7 Å². The number of rotatable bonds is 4. The highest BCUT2D eigenvalue weighted by Gasteiger charge is 2.10. The Balaban J connectivity index is 2.10. The van der Waals surface area contributed by atoms with Gasteiger partial charge in [-0.2, -0.15) is 0 Å². The van der Waals surface area contributed by atoms with Gasteiger partial charge in [-0.15, -0.1) is 0 Å². The normalized spacial score (nSPS) is 11.8. The molecule has 2 aromatic rings. The highest BCUT2D eigenvalue weighted by molar-refractivity contribution is 6.31. The van der Waals surface area contributed by atoms with Gasteiger partial charge in [0.15, 0.2) is 0 Å². The fraction of sp³-hybridized carbons (Fsp3) is 0.235. The van der Waals surface area contributed by atoms with Gasteiger partial charge in [0.1, 0.15) is 0 Å². The lowest BCUT2D eigenvalue weighted by Gasteiger charge is -2.17. The standard InChI is InChI=1S/C17H19ClN2O/c1-12(15-6-4-5-7-16(15)18)19-14-10-8-13(9-11-14)17(21)20(2)3/h4-12,19H,1-3H3. The Morgan fingerprint density at radius 3 is 2.29 bits per heavy atom. The number of hydrogen-bond donors (Lipinski definition) is 1. The summed E-state index contributed by atoms with van der Waals surface area (Å²) in [6, 6.07) is 15.3. The molecule has 1 atom stereocenters. The van der Waals surface area contributed by atoms with Gasteiger partial charge in [-0.1, -0.05) is 29.8 Å². The molecule has 21 heavy (non-hydrogen) atoms. The maximum absolute atomic E-state index is 11.8. The number of benzene rings is 2. The minimum absolute atomic E-state index is 0.000650. The third-order valence-electron chi connectivity index (χ3n) is 3.29. The lowest BCUT2D eigenvalue weighted by Crippen LogP contribution is -2.21. The van der Waals surface area contributed by atoms with Crippen LogP contribution in [-0.2, 0) is 0 Å². The van der Waals surface area contributed by atoms with Gasteiger partial charge in [0, 0.05) is 36.4 Å². The van der Waals surface area contributed by atoms with Gasteiger partial charge in [0.25, 0.3) is 5.91 Å². The minimum Gasteiger partial charge on any atom is -0.378 e. The van der Waals surface area contributed by atoms with Gasteiger partial charge < -0.3 is 10.2 Å². The first-order valence-electron chi connectivity index (χ1n) is 6.81. The summed E-state index contributed by atoms with van der Waals surface area (Å²) in [6.07, 6.45) is 0. The second-order valence-corrected chi connectivity index (χ2v) is 5.57. The van der Waals surface area contributed by atoms with Gasteiger partial charge in [0.05, 0.1) is 0 Å². The predicted octanol–water partition coefficient (Wildman–Crippen LogP) is 4.21. The van der Waals surface area contributed by atoms with Crippen LogP contribution in [0.4, 0.5) is 5.69 Å². The summed E-state index contributed by atoms with van der Waals surface area (Å²) in [5.41, 5.74) is 2.68. The Morgan fingerprint density at radius 2 is 1.71 bits per heavy atom. The van der Waals surface area contributed by atoms with Crippen molar-refractivity contribution in [1.29, 1.82) is 0 Å². The zero-order chi connectivity index (χ0) is 15.4. The van der Waals surface area contributed by atoms with Crippen molar-refractivity contribution in [3.8, 4) is 0 Å². The van der Waals surface area contributed by atoms with E-state index in [0.29, 0.717) is 5.56 Å². The van der Waals surface area contributed by atoms with Crippen LogP contribution in [0.3, 0.4) is 0 Å². The molecule has 0 saturated heterocycles. The maximum atomic E-state index is 11.8. The van der Waals surface area contributed by atoms with Gasteiger partial charge >= 0.3 is 0 Å². The van der Waals surface area contributed by atoms with Crippen molar-refractivity contribution < 1.29 is 4.79 Å². The first kappa shape index (κ1) is 15.4. The molecule has 4 heteroatoms. The van der Waals surface area contributed by atoms with Crippen LogP contribution in [0, 0.1) is 0 Å². The number of hydrogen-bond acceptors (Lipinski definition) is 2. The average molecular weight is 303 g/mol. The topological polar surface area (TPSA) is 32.3 Å². The molecule has 0 spiro atoms. The smallest absolute Gasteiger partial charge is 0.253 e. The van der Waals surface area contributed by atoms with Crippen molar-refractivity contribution in [2.24, 2.45) is 0 Å². The number of anilines is 1. The van der Waals surface area contributed by atoms with E-state index in [2.05, 4.69) is 12.2 Å². The van der Waals surface area contributed by atoms with E-state index >= 15 is 0 Å². The molecule has 2 rings (SSSR count). The van der Waals surface area contributed by atoms with E-state index in [1.54, 1.807) is 19.0 Å². The van der Waals surface area contributed by atoms with Crippen LogP contribution in [0.5, 0.6) is 0 Å². The third-order valence-corrected chi connectivity index (χ3v) is 3.64. The van der Waals surface area contributed by atoms with Crippen molar-refractivity contribution in [2.45, 2.75) is 13.0 Å². The van der Waals surface area contributed by atoms with E-state index in [9.17, 15) is 4.79 Å². The summed E-state index contributed by atoms with van der Waals surface area (Å²) in [6.45, 7) is 2.06. The van der Waals surface area contributed by atoms with Crippen molar-refractivity contribution in [1.82, 2.24) is 4.90 Å². The van der Waals surface area contributed by atoms with E-state index < -0.39 is 0 Å². The summed E-state index contributed by atoms with van der Waals surface area (Å²) in [7, 11) is 3.49. The number of nitrogens with zero attached hydrogens (tertiary/aromatic N) is 1. The highest BCUT2D eigenvalue weighted by Crippen LogP contribution is 2.25. The van der Waals surface area contributed by atoms with Crippen LogP contribution in [0.2, 0.25) is 5.02 Å². The molecule has 0 fully saturated rings. The van der Waals surface area contributed by atoms with Crippen molar-refractivity contribution >= 4 is 23.2 Å². The molecule has 0 saturated carbocycles. The fourth-order valence-corrected chi connectivity index (χ4v) is 2.42. The SMILES string of the molecule is CC(Nc1ccc(C(=O)N(C)C)cc1)c1ccccc1Cl. The lowest BCUT2D eigenvalue weighted by atomic mass is 10.1. The minimum atomic E-state index is 0.000650. The Hall–Kier alpha value is -2.00. The molecule has 1 unspecified atom stereocenters. The van der Waals surface area contributed by atoms with E-state index in [0.717, 1.165) is 16.3 Å². The summed E-state index contributed by atoms with van der Waals surface area (Å²) < 4.78 is 0.